The SMILES string of the molecule is COc1ccccc1-n1c(=S)[nH]c2sc3c(c2c1=O)CC[C@H](C)C3. The second-order valence-electron chi connectivity index (χ2n) is 6.30. The van der Waals surface area contributed by atoms with Crippen molar-refractivity contribution in [2.45, 2.75) is 26.2 Å². The molecule has 3 aromatic rings. The minimum absolute atomic E-state index is 0.0506. The molecule has 6 heteroatoms. The van der Waals surface area contributed by atoms with Crippen molar-refractivity contribution >= 4 is 33.8 Å². The molecule has 0 unspecified atom stereocenters. The average molecular weight is 358 g/mol. The smallest absolute Gasteiger partial charge is 0.268 e. The lowest BCUT2D eigenvalue weighted by Gasteiger charge is -2.17. The van der Waals surface area contributed by atoms with E-state index in [4.69, 9.17) is 17.0 Å². The van der Waals surface area contributed by atoms with Crippen molar-refractivity contribution in [1.29, 1.82) is 0 Å². The van der Waals surface area contributed by atoms with Gasteiger partial charge in [-0.2, -0.15) is 0 Å². The predicted molar refractivity (Wildman–Crippen MR) is 100 cm³/mol. The number of H-pyrrole nitrogens is 1. The zero-order valence-electron chi connectivity index (χ0n) is 13.6. The number of rotatable bonds is 2. The fourth-order valence-corrected chi connectivity index (χ4v) is 5.21. The number of aromatic amines is 1. The van der Waals surface area contributed by atoms with Gasteiger partial charge in [-0.3, -0.25) is 4.79 Å². The first-order chi connectivity index (χ1) is 11.6. The van der Waals surface area contributed by atoms with E-state index < -0.39 is 0 Å². The third-order valence-electron chi connectivity index (χ3n) is 4.68. The van der Waals surface area contributed by atoms with Gasteiger partial charge in [0.05, 0.1) is 18.2 Å². The molecule has 0 radical (unpaired) electrons. The lowest BCUT2D eigenvalue weighted by atomic mass is 9.89. The lowest BCUT2D eigenvalue weighted by Crippen LogP contribution is -2.22. The highest BCUT2D eigenvalue weighted by Crippen LogP contribution is 2.36. The van der Waals surface area contributed by atoms with Crippen molar-refractivity contribution in [1.82, 2.24) is 9.55 Å². The summed E-state index contributed by atoms with van der Waals surface area (Å²) in [6.07, 6.45) is 3.13. The molecular weight excluding hydrogens is 340 g/mol. The summed E-state index contributed by atoms with van der Waals surface area (Å²) in [7, 11) is 1.60. The molecule has 0 saturated carbocycles. The van der Waals surface area contributed by atoms with Crippen molar-refractivity contribution in [3.05, 3.63) is 49.8 Å². The van der Waals surface area contributed by atoms with E-state index in [-0.39, 0.29) is 5.56 Å². The summed E-state index contributed by atoms with van der Waals surface area (Å²) in [5.41, 5.74) is 1.83. The van der Waals surface area contributed by atoms with Gasteiger partial charge in [0.1, 0.15) is 10.6 Å². The van der Waals surface area contributed by atoms with Crippen molar-refractivity contribution in [2.75, 3.05) is 7.11 Å². The molecule has 0 amide bonds. The van der Waals surface area contributed by atoms with Gasteiger partial charge in [-0.15, -0.1) is 11.3 Å². The van der Waals surface area contributed by atoms with E-state index in [1.54, 1.807) is 23.0 Å². The fraction of sp³-hybridized carbons (Fsp3) is 0.333. The Morgan fingerprint density at radius 2 is 2.17 bits per heavy atom. The monoisotopic (exact) mass is 358 g/mol. The molecule has 24 heavy (non-hydrogen) atoms. The second kappa shape index (κ2) is 5.86. The van der Waals surface area contributed by atoms with Crippen LogP contribution < -0.4 is 10.3 Å². The van der Waals surface area contributed by atoms with Crippen molar-refractivity contribution in [3.8, 4) is 11.4 Å². The van der Waals surface area contributed by atoms with Crippen LogP contribution in [0.3, 0.4) is 0 Å². The molecule has 0 saturated heterocycles. The first kappa shape index (κ1) is 15.6. The average Bonchev–Trinajstić information content (AvgIpc) is 2.92. The maximum atomic E-state index is 13.3. The molecule has 0 aliphatic heterocycles. The van der Waals surface area contributed by atoms with Gasteiger partial charge < -0.3 is 9.72 Å². The van der Waals surface area contributed by atoms with Crippen molar-refractivity contribution in [2.24, 2.45) is 5.92 Å². The van der Waals surface area contributed by atoms with Gasteiger partial charge in [-0.25, -0.2) is 4.57 Å². The minimum atomic E-state index is -0.0506. The molecule has 4 nitrogen and oxygen atoms in total. The number of ether oxygens (including phenoxy) is 1. The summed E-state index contributed by atoms with van der Waals surface area (Å²) in [4.78, 5) is 18.7. The number of methoxy groups -OCH3 is 1. The molecule has 2 aromatic heterocycles. The first-order valence-electron chi connectivity index (χ1n) is 8.03. The number of hydrogen-bond acceptors (Lipinski definition) is 4. The lowest BCUT2D eigenvalue weighted by molar-refractivity contribution is 0.412. The van der Waals surface area contributed by atoms with Crippen LogP contribution >= 0.6 is 23.6 Å². The molecule has 0 bridgehead atoms. The summed E-state index contributed by atoms with van der Waals surface area (Å²) in [6, 6.07) is 7.46. The zero-order valence-corrected chi connectivity index (χ0v) is 15.2. The summed E-state index contributed by atoms with van der Waals surface area (Å²) >= 11 is 7.16. The molecular formula is C18H18N2O2S2. The Morgan fingerprint density at radius 1 is 1.38 bits per heavy atom. The Balaban J connectivity index is 2.05. The van der Waals surface area contributed by atoms with Crippen LogP contribution in [-0.4, -0.2) is 16.7 Å². The van der Waals surface area contributed by atoms with Crippen LogP contribution in [0.1, 0.15) is 23.8 Å². The standard InChI is InChI=1S/C18H18N2O2S2/c1-10-7-8-11-14(9-10)24-16-15(11)17(21)20(18(23)19-16)12-5-3-4-6-13(12)22-2/h3-6,10H,7-9H2,1-2H3,(H,19,23)/t10-/m0/s1. The largest absolute Gasteiger partial charge is 0.495 e. The van der Waals surface area contributed by atoms with Gasteiger partial charge in [-0.1, -0.05) is 19.1 Å². The van der Waals surface area contributed by atoms with E-state index in [1.165, 1.54) is 10.4 Å². The molecule has 2 heterocycles. The van der Waals surface area contributed by atoms with Gasteiger partial charge in [0.25, 0.3) is 5.56 Å². The maximum Gasteiger partial charge on any atom is 0.268 e. The van der Waals surface area contributed by atoms with E-state index in [0.29, 0.717) is 22.1 Å². The van der Waals surface area contributed by atoms with Crippen molar-refractivity contribution in [3.63, 3.8) is 0 Å². The van der Waals surface area contributed by atoms with Gasteiger partial charge in [-0.05, 0) is 55.1 Å². The van der Waals surface area contributed by atoms with E-state index in [1.807, 2.05) is 24.3 Å². The number of fused-ring (bicyclic) bond motifs is 3. The number of aromatic nitrogens is 2. The maximum absolute atomic E-state index is 13.3. The highest BCUT2D eigenvalue weighted by molar-refractivity contribution is 7.71. The van der Waals surface area contributed by atoms with Crippen LogP contribution in [-0.2, 0) is 12.8 Å². The molecule has 4 rings (SSSR count). The van der Waals surface area contributed by atoms with E-state index in [2.05, 4.69) is 11.9 Å². The molecule has 0 spiro atoms. The Morgan fingerprint density at radius 3 is 2.96 bits per heavy atom. The van der Waals surface area contributed by atoms with Gasteiger partial charge in [0, 0.05) is 4.88 Å². The van der Waals surface area contributed by atoms with Gasteiger partial charge in [0.2, 0.25) is 0 Å². The van der Waals surface area contributed by atoms with Crippen LogP contribution in [0.5, 0.6) is 5.75 Å². The van der Waals surface area contributed by atoms with Crippen LogP contribution in [0.4, 0.5) is 0 Å². The Bertz CT molecular complexity index is 1050. The predicted octanol–water partition coefficient (Wildman–Crippen LogP) is 4.24. The topological polar surface area (TPSA) is 47.0 Å². The van der Waals surface area contributed by atoms with Crippen LogP contribution in [0.25, 0.3) is 15.9 Å². The number of nitrogens with one attached hydrogen (secondary N) is 1. The Hall–Kier alpha value is -1.92. The quantitative estimate of drug-likeness (QED) is 0.697. The summed E-state index contributed by atoms with van der Waals surface area (Å²) < 4.78 is 7.38. The van der Waals surface area contributed by atoms with E-state index in [9.17, 15) is 4.79 Å². The zero-order chi connectivity index (χ0) is 16.8. The number of benzene rings is 1. The third-order valence-corrected chi connectivity index (χ3v) is 6.13. The molecule has 1 N–H and O–H groups in total. The summed E-state index contributed by atoms with van der Waals surface area (Å²) in [6.45, 7) is 2.27. The number of aryl methyl sites for hydroxylation is 1. The minimum Gasteiger partial charge on any atom is -0.495 e. The number of para-hydroxylation sites is 2. The number of hydrogen-bond donors (Lipinski definition) is 1. The van der Waals surface area contributed by atoms with Crippen LogP contribution in [0, 0.1) is 10.7 Å². The molecule has 124 valence electrons. The molecule has 0 fully saturated rings. The highest BCUT2D eigenvalue weighted by Gasteiger charge is 2.24. The summed E-state index contributed by atoms with van der Waals surface area (Å²) in [5.74, 6) is 1.31. The Kier molecular flexibility index (Phi) is 3.81. The van der Waals surface area contributed by atoms with Gasteiger partial charge in [0.15, 0.2) is 4.77 Å². The molecule has 1 aromatic carbocycles. The second-order valence-corrected chi connectivity index (χ2v) is 7.79. The van der Waals surface area contributed by atoms with Crippen LogP contribution in [0.2, 0.25) is 0 Å². The molecule has 1 aliphatic rings. The highest BCUT2D eigenvalue weighted by atomic mass is 32.1. The Labute approximate surface area is 148 Å². The van der Waals surface area contributed by atoms with Crippen molar-refractivity contribution < 1.29 is 4.74 Å². The van der Waals surface area contributed by atoms with E-state index in [0.717, 1.165) is 29.5 Å². The number of thiophene rings is 1. The normalized spacial score (nSPS) is 17.0. The van der Waals surface area contributed by atoms with Gasteiger partial charge >= 0.3 is 0 Å². The third kappa shape index (κ3) is 2.32. The molecule has 1 atom stereocenters. The van der Waals surface area contributed by atoms with Crippen LogP contribution in [0.15, 0.2) is 29.1 Å². The van der Waals surface area contributed by atoms with E-state index >= 15 is 0 Å². The fourth-order valence-electron chi connectivity index (χ4n) is 3.46. The molecule has 1 aliphatic carbocycles. The summed E-state index contributed by atoms with van der Waals surface area (Å²) in [5, 5.41) is 0.793. The number of nitrogens with zero attached hydrogens (tertiary/aromatic N) is 1. The first-order valence-corrected chi connectivity index (χ1v) is 9.25.